The van der Waals surface area contributed by atoms with Gasteiger partial charge in [-0.15, -0.1) is 0 Å². The van der Waals surface area contributed by atoms with Crippen molar-refractivity contribution < 1.29 is 12.8 Å². The van der Waals surface area contributed by atoms with Crippen LogP contribution in [0.2, 0.25) is 18.1 Å². The van der Waals surface area contributed by atoms with Crippen LogP contribution < -0.4 is 0 Å². The standard InChI is InChI=1S/C14H30O3SSi/c1-11-9-18(15,16)14(6,12(11)2)10-17-19(7,8)13(3,4)5/h11-12H,9-10H2,1-8H3/t11?,12?,14-/m0/s1. The Balaban J connectivity index is 2.93. The normalized spacial score (nSPS) is 35.6. The van der Waals surface area contributed by atoms with Crippen molar-refractivity contribution in [2.75, 3.05) is 12.4 Å². The van der Waals surface area contributed by atoms with Crippen LogP contribution in [0.25, 0.3) is 0 Å². The first kappa shape index (κ1) is 17.2. The van der Waals surface area contributed by atoms with Gasteiger partial charge in [-0.3, -0.25) is 0 Å². The average Bonchev–Trinajstić information content (AvgIpc) is 2.35. The van der Waals surface area contributed by atoms with E-state index in [1.165, 1.54) is 0 Å². The molecule has 1 rings (SSSR count). The third-order valence-electron chi connectivity index (χ3n) is 5.54. The zero-order valence-electron chi connectivity index (χ0n) is 13.7. The van der Waals surface area contributed by atoms with Gasteiger partial charge in [0.15, 0.2) is 18.2 Å². The van der Waals surface area contributed by atoms with E-state index in [1.54, 1.807) is 0 Å². The van der Waals surface area contributed by atoms with Crippen LogP contribution in [0.5, 0.6) is 0 Å². The van der Waals surface area contributed by atoms with Crippen molar-refractivity contribution in [1.82, 2.24) is 0 Å². The molecule has 0 aromatic rings. The summed E-state index contributed by atoms with van der Waals surface area (Å²) in [7, 11) is -4.95. The molecule has 1 aliphatic heterocycles. The van der Waals surface area contributed by atoms with Crippen LogP contribution in [0.4, 0.5) is 0 Å². The molecule has 19 heavy (non-hydrogen) atoms. The summed E-state index contributed by atoms with van der Waals surface area (Å²) >= 11 is 0. The molecule has 0 aliphatic carbocycles. The predicted molar refractivity (Wildman–Crippen MR) is 83.7 cm³/mol. The van der Waals surface area contributed by atoms with Crippen LogP contribution in [0.1, 0.15) is 41.5 Å². The molecule has 3 atom stereocenters. The molecule has 0 aromatic heterocycles. The maximum Gasteiger partial charge on any atom is 0.192 e. The highest BCUT2D eigenvalue weighted by atomic mass is 32.2. The number of sulfone groups is 1. The van der Waals surface area contributed by atoms with E-state index in [9.17, 15) is 8.42 Å². The fourth-order valence-corrected chi connectivity index (χ4v) is 5.92. The van der Waals surface area contributed by atoms with E-state index in [2.05, 4.69) is 33.9 Å². The summed E-state index contributed by atoms with van der Waals surface area (Å²) in [5.74, 6) is 0.672. The van der Waals surface area contributed by atoms with Gasteiger partial charge >= 0.3 is 0 Å². The van der Waals surface area contributed by atoms with Gasteiger partial charge in [0, 0.05) is 0 Å². The molecule has 0 saturated carbocycles. The fraction of sp³-hybridized carbons (Fsp3) is 1.00. The molecule has 0 aromatic carbocycles. The van der Waals surface area contributed by atoms with Crippen molar-refractivity contribution in [3.05, 3.63) is 0 Å². The highest BCUT2D eigenvalue weighted by Gasteiger charge is 2.54. The first-order chi connectivity index (χ1) is 8.25. The molecule has 1 fully saturated rings. The highest BCUT2D eigenvalue weighted by molar-refractivity contribution is 7.93. The second kappa shape index (κ2) is 4.85. The van der Waals surface area contributed by atoms with Crippen LogP contribution in [0, 0.1) is 11.8 Å². The molecule has 1 heterocycles. The molecule has 0 bridgehead atoms. The van der Waals surface area contributed by atoms with Gasteiger partial charge in [0.1, 0.15) is 0 Å². The van der Waals surface area contributed by atoms with Crippen molar-refractivity contribution >= 4 is 18.2 Å². The second-order valence-electron chi connectivity index (χ2n) is 7.91. The Morgan fingerprint density at radius 1 is 1.26 bits per heavy atom. The average molecular weight is 307 g/mol. The van der Waals surface area contributed by atoms with E-state index < -0.39 is 22.9 Å². The molecule has 5 heteroatoms. The van der Waals surface area contributed by atoms with Gasteiger partial charge in [0.2, 0.25) is 0 Å². The lowest BCUT2D eigenvalue weighted by Crippen LogP contribution is -2.49. The molecule has 3 nitrogen and oxygen atoms in total. The van der Waals surface area contributed by atoms with Crippen LogP contribution in [-0.2, 0) is 14.3 Å². The quantitative estimate of drug-likeness (QED) is 0.750. The van der Waals surface area contributed by atoms with E-state index in [0.717, 1.165) is 0 Å². The molecular formula is C14H30O3SSi. The Kier molecular flexibility index (Phi) is 4.38. The highest BCUT2D eigenvalue weighted by Crippen LogP contribution is 2.43. The molecule has 0 amide bonds. The van der Waals surface area contributed by atoms with Crippen molar-refractivity contribution in [3.8, 4) is 0 Å². The maximum atomic E-state index is 12.4. The van der Waals surface area contributed by atoms with Crippen LogP contribution in [-0.4, -0.2) is 33.8 Å². The zero-order valence-corrected chi connectivity index (χ0v) is 15.5. The minimum atomic E-state index is -3.06. The maximum absolute atomic E-state index is 12.4. The Morgan fingerprint density at radius 3 is 2.05 bits per heavy atom. The Morgan fingerprint density at radius 2 is 1.74 bits per heavy atom. The Hall–Kier alpha value is 0.127. The topological polar surface area (TPSA) is 43.4 Å². The summed E-state index contributed by atoms with van der Waals surface area (Å²) in [5, 5.41) is 0.112. The van der Waals surface area contributed by atoms with Crippen molar-refractivity contribution in [1.29, 1.82) is 0 Å². The lowest BCUT2D eigenvalue weighted by Gasteiger charge is -2.39. The van der Waals surface area contributed by atoms with E-state index in [4.69, 9.17) is 4.43 Å². The third-order valence-corrected chi connectivity index (χ3v) is 12.9. The first-order valence-electron chi connectivity index (χ1n) is 7.11. The molecule has 1 aliphatic rings. The minimum Gasteiger partial charge on any atom is -0.415 e. The van der Waals surface area contributed by atoms with E-state index in [0.29, 0.717) is 12.4 Å². The fourth-order valence-electron chi connectivity index (χ4n) is 2.33. The van der Waals surface area contributed by atoms with E-state index >= 15 is 0 Å². The molecule has 1 saturated heterocycles. The summed E-state index contributed by atoms with van der Waals surface area (Å²) in [6.45, 7) is 17.2. The van der Waals surface area contributed by atoms with E-state index in [1.807, 2.05) is 20.8 Å². The predicted octanol–water partition coefficient (Wildman–Crippen LogP) is 3.47. The van der Waals surface area contributed by atoms with Gasteiger partial charge in [0.25, 0.3) is 0 Å². The third kappa shape index (κ3) is 2.93. The van der Waals surface area contributed by atoms with Gasteiger partial charge in [0.05, 0.1) is 17.1 Å². The van der Waals surface area contributed by atoms with Gasteiger partial charge in [-0.1, -0.05) is 34.6 Å². The monoisotopic (exact) mass is 306 g/mol. The van der Waals surface area contributed by atoms with Crippen molar-refractivity contribution in [2.24, 2.45) is 11.8 Å². The lowest BCUT2D eigenvalue weighted by molar-refractivity contribution is 0.205. The second-order valence-corrected chi connectivity index (χ2v) is 15.2. The van der Waals surface area contributed by atoms with E-state index in [-0.39, 0.29) is 16.9 Å². The minimum absolute atomic E-state index is 0.112. The summed E-state index contributed by atoms with van der Waals surface area (Å²) < 4.78 is 30.3. The van der Waals surface area contributed by atoms with Gasteiger partial charge in [-0.05, 0) is 36.9 Å². The Labute approximate surface area is 120 Å². The summed E-state index contributed by atoms with van der Waals surface area (Å²) in [4.78, 5) is 0. The van der Waals surface area contributed by atoms with Crippen LogP contribution in [0.15, 0.2) is 0 Å². The lowest BCUT2D eigenvalue weighted by atomic mass is 9.86. The van der Waals surface area contributed by atoms with Gasteiger partial charge in [-0.2, -0.15) is 0 Å². The molecule has 114 valence electrons. The molecule has 0 spiro atoms. The summed E-state index contributed by atoms with van der Waals surface area (Å²) in [6, 6.07) is 0. The largest absolute Gasteiger partial charge is 0.415 e. The number of hydrogen-bond donors (Lipinski definition) is 0. The SMILES string of the molecule is CC1CS(=O)(=O)[C@@](C)(CO[Si](C)(C)C(C)(C)C)C1C. The van der Waals surface area contributed by atoms with Crippen LogP contribution in [0.3, 0.4) is 0 Å². The molecule has 0 N–H and O–H groups in total. The number of rotatable bonds is 3. The first-order valence-corrected chi connectivity index (χ1v) is 11.7. The molecule has 0 radical (unpaired) electrons. The number of hydrogen-bond acceptors (Lipinski definition) is 3. The van der Waals surface area contributed by atoms with Gasteiger partial charge < -0.3 is 4.43 Å². The van der Waals surface area contributed by atoms with Crippen molar-refractivity contribution in [3.63, 3.8) is 0 Å². The summed E-state index contributed by atoms with van der Waals surface area (Å²) in [6.07, 6.45) is 0. The van der Waals surface area contributed by atoms with Crippen molar-refractivity contribution in [2.45, 2.75) is 64.4 Å². The molecule has 2 unspecified atom stereocenters. The summed E-state index contributed by atoms with van der Waals surface area (Å²) in [5.41, 5.74) is 0. The zero-order chi connectivity index (χ0) is 15.3. The molecular weight excluding hydrogens is 276 g/mol. The van der Waals surface area contributed by atoms with Gasteiger partial charge in [-0.25, -0.2) is 8.42 Å². The van der Waals surface area contributed by atoms with Crippen LogP contribution >= 0.6 is 0 Å². The smallest absolute Gasteiger partial charge is 0.192 e. The Bertz CT molecular complexity index is 436.